The molecule has 8 heteroatoms. The highest BCUT2D eigenvalue weighted by Crippen LogP contribution is 2.32. The van der Waals surface area contributed by atoms with Crippen molar-refractivity contribution < 1.29 is 9.13 Å². The van der Waals surface area contributed by atoms with Crippen molar-refractivity contribution in [1.29, 1.82) is 0 Å². The number of pyridine rings is 2. The lowest BCUT2D eigenvalue weighted by Gasteiger charge is -2.27. The van der Waals surface area contributed by atoms with Crippen molar-refractivity contribution in [3.8, 4) is 11.1 Å². The monoisotopic (exact) mass is 433 g/mol. The summed E-state index contributed by atoms with van der Waals surface area (Å²) in [6.45, 7) is 2.23. The lowest BCUT2D eigenvalue weighted by molar-refractivity contribution is 0.0699. The summed E-state index contributed by atoms with van der Waals surface area (Å²) in [5.74, 6) is 0.731. The zero-order valence-corrected chi connectivity index (χ0v) is 17.8. The molecule has 0 amide bonds. The highest BCUT2D eigenvalue weighted by molar-refractivity contribution is 6.33. The van der Waals surface area contributed by atoms with Crippen LogP contribution in [0.5, 0.6) is 0 Å². The van der Waals surface area contributed by atoms with Gasteiger partial charge in [0, 0.05) is 55.4 Å². The number of halogens is 2. The van der Waals surface area contributed by atoms with Crippen molar-refractivity contribution in [3.05, 3.63) is 35.5 Å². The smallest absolute Gasteiger partial charge is 0.236 e. The van der Waals surface area contributed by atoms with Gasteiger partial charge in [0.05, 0.1) is 10.7 Å². The Kier molecular flexibility index (Phi) is 7.02. The zero-order valence-electron chi connectivity index (χ0n) is 17.0. The summed E-state index contributed by atoms with van der Waals surface area (Å²) in [7, 11) is 0. The van der Waals surface area contributed by atoms with Crippen LogP contribution in [0.3, 0.4) is 0 Å². The third kappa shape index (κ3) is 5.39. The first-order valence-electron chi connectivity index (χ1n) is 10.7. The maximum atomic E-state index is 14.3. The molecule has 162 valence electrons. The van der Waals surface area contributed by atoms with E-state index in [1.807, 2.05) is 6.07 Å². The van der Waals surface area contributed by atoms with Crippen LogP contribution < -0.4 is 16.4 Å². The second-order valence-corrected chi connectivity index (χ2v) is 8.71. The van der Waals surface area contributed by atoms with Gasteiger partial charge in [-0.3, -0.25) is 0 Å². The lowest BCUT2D eigenvalue weighted by Crippen LogP contribution is -2.33. The Morgan fingerprint density at radius 3 is 2.60 bits per heavy atom. The highest BCUT2D eigenvalue weighted by Gasteiger charge is 2.19. The molecule has 0 bridgehead atoms. The van der Waals surface area contributed by atoms with Crippen LogP contribution in [-0.2, 0) is 4.74 Å². The van der Waals surface area contributed by atoms with Crippen LogP contribution in [0.4, 0.5) is 15.9 Å². The first-order chi connectivity index (χ1) is 14.6. The second-order valence-electron chi connectivity index (χ2n) is 8.30. The molecule has 0 radical (unpaired) electrons. The zero-order chi connectivity index (χ0) is 20.9. The quantitative estimate of drug-likeness (QED) is 0.583. The highest BCUT2D eigenvalue weighted by atomic mass is 35.5. The Morgan fingerprint density at radius 2 is 1.83 bits per heavy atom. The molecular formula is C22H29ClFN5O. The van der Waals surface area contributed by atoms with E-state index in [0.29, 0.717) is 35.3 Å². The molecule has 0 unspecified atom stereocenters. The third-order valence-corrected chi connectivity index (χ3v) is 6.35. The molecule has 6 nitrogen and oxygen atoms in total. The summed E-state index contributed by atoms with van der Waals surface area (Å²) in [4.78, 5) is 8.37. The minimum Gasteiger partial charge on any atom is -0.381 e. The molecule has 0 spiro atoms. The van der Waals surface area contributed by atoms with E-state index in [4.69, 9.17) is 22.1 Å². The number of ether oxygens (including phenoxy) is 1. The molecule has 1 saturated carbocycles. The van der Waals surface area contributed by atoms with E-state index >= 15 is 0 Å². The van der Waals surface area contributed by atoms with Crippen molar-refractivity contribution in [2.45, 2.75) is 50.6 Å². The standard InChI is InChI=1S/C22H29ClFN5O/c23-19-13-27-21(29-17-3-1-16(25)2-4-17)10-18(19)15-9-20(22(24)28-12-15)26-11-14-5-7-30-8-6-14/h9-10,12-14,16-17,26H,1-8,11,25H2,(H,27,29)/t16-,17-. The van der Waals surface area contributed by atoms with Gasteiger partial charge in [0.25, 0.3) is 0 Å². The van der Waals surface area contributed by atoms with Gasteiger partial charge in [-0.15, -0.1) is 0 Å². The molecule has 0 aromatic carbocycles. The van der Waals surface area contributed by atoms with Crippen LogP contribution in [0.15, 0.2) is 24.5 Å². The van der Waals surface area contributed by atoms with E-state index in [1.54, 1.807) is 12.3 Å². The number of nitrogens with one attached hydrogen (secondary N) is 2. The molecule has 4 N–H and O–H groups in total. The van der Waals surface area contributed by atoms with Crippen molar-refractivity contribution >= 4 is 23.1 Å². The Labute approximate surface area is 181 Å². The molecular weight excluding hydrogens is 405 g/mol. The SMILES string of the molecule is N[C@H]1CC[C@H](Nc2cc(-c3cnc(F)c(NCC4CCOCC4)c3)c(Cl)cn2)CC1. The molecule has 3 heterocycles. The molecule has 1 aliphatic heterocycles. The molecule has 2 fully saturated rings. The molecule has 1 saturated heterocycles. The average Bonchev–Trinajstić information content (AvgIpc) is 2.77. The molecule has 30 heavy (non-hydrogen) atoms. The molecule has 2 aromatic heterocycles. The maximum absolute atomic E-state index is 14.3. The van der Waals surface area contributed by atoms with Gasteiger partial charge in [-0.1, -0.05) is 11.6 Å². The van der Waals surface area contributed by atoms with Crippen LogP contribution in [-0.4, -0.2) is 41.8 Å². The Bertz CT molecular complexity index is 853. The van der Waals surface area contributed by atoms with Crippen LogP contribution in [0.25, 0.3) is 11.1 Å². The average molecular weight is 434 g/mol. The summed E-state index contributed by atoms with van der Waals surface area (Å²) in [6.07, 6.45) is 9.20. The Balaban J connectivity index is 1.48. The topological polar surface area (TPSA) is 85.1 Å². The van der Waals surface area contributed by atoms with Gasteiger partial charge < -0.3 is 21.1 Å². The number of hydrogen-bond acceptors (Lipinski definition) is 6. The lowest BCUT2D eigenvalue weighted by atomic mass is 9.92. The second kappa shape index (κ2) is 9.90. The summed E-state index contributed by atoms with van der Waals surface area (Å²) in [5, 5.41) is 7.21. The maximum Gasteiger partial charge on any atom is 0.236 e. The van der Waals surface area contributed by atoms with Crippen molar-refractivity contribution in [2.75, 3.05) is 30.4 Å². The van der Waals surface area contributed by atoms with Gasteiger partial charge in [-0.2, -0.15) is 4.39 Å². The number of nitrogens with zero attached hydrogens (tertiary/aromatic N) is 2. The summed E-state index contributed by atoms with van der Waals surface area (Å²) in [5.41, 5.74) is 7.93. The van der Waals surface area contributed by atoms with Crippen LogP contribution in [0.1, 0.15) is 38.5 Å². The van der Waals surface area contributed by atoms with Gasteiger partial charge in [0.1, 0.15) is 5.82 Å². The van der Waals surface area contributed by atoms with Gasteiger partial charge >= 0.3 is 0 Å². The molecule has 1 aliphatic carbocycles. The molecule has 0 atom stereocenters. The van der Waals surface area contributed by atoms with E-state index in [1.165, 1.54) is 6.20 Å². The van der Waals surface area contributed by atoms with Crippen LogP contribution in [0.2, 0.25) is 5.02 Å². The van der Waals surface area contributed by atoms with Crippen molar-refractivity contribution in [2.24, 2.45) is 11.7 Å². The largest absolute Gasteiger partial charge is 0.381 e. The number of aromatic nitrogens is 2. The normalized spacial score (nSPS) is 22.6. The number of anilines is 2. The van der Waals surface area contributed by atoms with Crippen LogP contribution in [0, 0.1) is 11.9 Å². The van der Waals surface area contributed by atoms with E-state index in [-0.39, 0.29) is 0 Å². The summed E-state index contributed by atoms with van der Waals surface area (Å²) in [6, 6.07) is 4.34. The minimum atomic E-state index is -0.507. The van der Waals surface area contributed by atoms with E-state index < -0.39 is 5.95 Å². The fourth-order valence-corrected chi connectivity index (χ4v) is 4.35. The third-order valence-electron chi connectivity index (χ3n) is 6.05. The van der Waals surface area contributed by atoms with Crippen molar-refractivity contribution in [3.63, 3.8) is 0 Å². The van der Waals surface area contributed by atoms with Crippen LogP contribution >= 0.6 is 11.6 Å². The Morgan fingerprint density at radius 1 is 1.07 bits per heavy atom. The fraction of sp³-hybridized carbons (Fsp3) is 0.545. The molecule has 2 aliphatic rings. The predicted octanol–water partition coefficient (Wildman–Crippen LogP) is 4.46. The van der Waals surface area contributed by atoms with E-state index in [2.05, 4.69) is 20.6 Å². The predicted molar refractivity (Wildman–Crippen MR) is 118 cm³/mol. The van der Waals surface area contributed by atoms with Crippen molar-refractivity contribution in [1.82, 2.24) is 9.97 Å². The number of hydrogen-bond donors (Lipinski definition) is 3. The van der Waals surface area contributed by atoms with Gasteiger partial charge in [0.2, 0.25) is 5.95 Å². The fourth-order valence-electron chi connectivity index (χ4n) is 4.14. The first kappa shape index (κ1) is 21.3. The van der Waals surface area contributed by atoms with E-state index in [0.717, 1.165) is 68.7 Å². The number of rotatable bonds is 6. The van der Waals surface area contributed by atoms with Gasteiger partial charge in [-0.05, 0) is 56.6 Å². The number of nitrogens with two attached hydrogens (primary N) is 1. The summed E-state index contributed by atoms with van der Waals surface area (Å²) >= 11 is 6.42. The van der Waals surface area contributed by atoms with Gasteiger partial charge in [0.15, 0.2) is 0 Å². The van der Waals surface area contributed by atoms with Gasteiger partial charge in [-0.25, -0.2) is 9.97 Å². The molecule has 4 rings (SSSR count). The summed E-state index contributed by atoms with van der Waals surface area (Å²) < 4.78 is 19.7. The first-order valence-corrected chi connectivity index (χ1v) is 11.1. The molecule has 2 aromatic rings. The Hall–Kier alpha value is -1.96. The minimum absolute atomic E-state index is 0.300. The van der Waals surface area contributed by atoms with E-state index in [9.17, 15) is 4.39 Å².